The van der Waals surface area contributed by atoms with E-state index in [1.54, 1.807) is 6.92 Å². The molecule has 7 heteroatoms. The van der Waals surface area contributed by atoms with Gasteiger partial charge in [0.05, 0.1) is 5.56 Å². The Morgan fingerprint density at radius 1 is 1.25 bits per heavy atom. The Balaban J connectivity index is 2.62. The van der Waals surface area contributed by atoms with Crippen LogP contribution in [0.5, 0.6) is 0 Å². The number of nitrogens with one attached hydrogen (secondary N) is 1. The Morgan fingerprint density at radius 3 is 2.25 bits per heavy atom. The van der Waals surface area contributed by atoms with Gasteiger partial charge in [-0.25, -0.2) is 0 Å². The van der Waals surface area contributed by atoms with Crippen LogP contribution in [0.1, 0.15) is 30.4 Å². The van der Waals surface area contributed by atoms with Gasteiger partial charge in [0.1, 0.15) is 6.54 Å². The Labute approximate surface area is 113 Å². The number of hydrogen-bond donors (Lipinski definition) is 2. The molecule has 1 amide bonds. The fraction of sp³-hybridized carbons (Fsp3) is 0.385. The Kier molecular flexibility index (Phi) is 5.12. The number of rotatable bonds is 5. The third kappa shape index (κ3) is 4.91. The number of carbonyl (C=O) groups is 2. The minimum Gasteiger partial charge on any atom is -0.480 e. The zero-order valence-corrected chi connectivity index (χ0v) is 10.7. The summed E-state index contributed by atoms with van der Waals surface area (Å²) in [5, 5.41) is 10.6. The SMILES string of the molecule is CC(CC(=O)NCC(=O)O)c1ccc(C(F)(F)F)cc1. The van der Waals surface area contributed by atoms with E-state index in [0.29, 0.717) is 5.56 Å². The lowest BCUT2D eigenvalue weighted by Gasteiger charge is -2.13. The van der Waals surface area contributed by atoms with Crippen molar-refractivity contribution in [2.24, 2.45) is 0 Å². The molecule has 0 saturated carbocycles. The number of alkyl halides is 3. The molecule has 0 aliphatic heterocycles. The summed E-state index contributed by atoms with van der Waals surface area (Å²) in [5.74, 6) is -1.91. The van der Waals surface area contributed by atoms with Crippen LogP contribution in [0.15, 0.2) is 24.3 Å². The van der Waals surface area contributed by atoms with Gasteiger partial charge in [-0.2, -0.15) is 13.2 Å². The lowest BCUT2D eigenvalue weighted by molar-refractivity contribution is -0.138. The van der Waals surface area contributed by atoms with E-state index in [1.165, 1.54) is 12.1 Å². The van der Waals surface area contributed by atoms with Crippen LogP contribution in [0, 0.1) is 0 Å². The minimum absolute atomic E-state index is 0.0125. The van der Waals surface area contributed by atoms with Crippen LogP contribution >= 0.6 is 0 Å². The number of halogens is 3. The van der Waals surface area contributed by atoms with Gasteiger partial charge < -0.3 is 10.4 Å². The molecule has 0 radical (unpaired) electrons. The number of carboxylic acid groups (broad SMARTS) is 1. The Bertz CT molecular complexity index is 483. The van der Waals surface area contributed by atoms with Gasteiger partial charge in [-0.3, -0.25) is 9.59 Å². The molecule has 0 bridgehead atoms. The molecule has 0 aliphatic carbocycles. The van der Waals surface area contributed by atoms with Crippen LogP contribution in [-0.2, 0) is 15.8 Å². The number of hydrogen-bond acceptors (Lipinski definition) is 2. The molecule has 0 spiro atoms. The molecule has 4 nitrogen and oxygen atoms in total. The maximum Gasteiger partial charge on any atom is 0.416 e. The molecule has 2 N–H and O–H groups in total. The van der Waals surface area contributed by atoms with Crippen molar-refractivity contribution in [1.82, 2.24) is 5.32 Å². The van der Waals surface area contributed by atoms with Gasteiger partial charge in [-0.1, -0.05) is 19.1 Å². The van der Waals surface area contributed by atoms with Crippen LogP contribution < -0.4 is 5.32 Å². The van der Waals surface area contributed by atoms with Crippen LogP contribution in [0.2, 0.25) is 0 Å². The summed E-state index contributed by atoms with van der Waals surface area (Å²) in [5.41, 5.74) is -0.160. The molecule has 1 rings (SSSR count). The van der Waals surface area contributed by atoms with Gasteiger partial charge in [0, 0.05) is 6.42 Å². The molecule has 110 valence electrons. The van der Waals surface area contributed by atoms with E-state index in [2.05, 4.69) is 5.32 Å². The molecule has 1 aromatic carbocycles. The first-order valence-corrected chi connectivity index (χ1v) is 5.86. The average Bonchev–Trinajstić information content (AvgIpc) is 2.35. The third-order valence-electron chi connectivity index (χ3n) is 2.74. The van der Waals surface area contributed by atoms with Crippen LogP contribution in [0.4, 0.5) is 13.2 Å². The van der Waals surface area contributed by atoms with E-state index in [0.717, 1.165) is 12.1 Å². The summed E-state index contributed by atoms with van der Waals surface area (Å²) in [7, 11) is 0. The van der Waals surface area contributed by atoms with Crippen molar-refractivity contribution < 1.29 is 27.9 Å². The molecule has 20 heavy (non-hydrogen) atoms. The molecule has 0 saturated heterocycles. The highest BCUT2D eigenvalue weighted by Gasteiger charge is 2.30. The maximum absolute atomic E-state index is 12.4. The van der Waals surface area contributed by atoms with E-state index < -0.39 is 30.2 Å². The first-order valence-electron chi connectivity index (χ1n) is 5.86. The fourth-order valence-electron chi connectivity index (χ4n) is 1.64. The standard InChI is InChI=1S/C13H14F3NO3/c1-8(6-11(18)17-7-12(19)20)9-2-4-10(5-3-9)13(14,15)16/h2-5,8H,6-7H2,1H3,(H,17,18)(H,19,20). The minimum atomic E-state index is -4.39. The third-order valence-corrected chi connectivity index (χ3v) is 2.74. The van der Waals surface area contributed by atoms with Crippen molar-refractivity contribution in [2.45, 2.75) is 25.4 Å². The average molecular weight is 289 g/mol. The van der Waals surface area contributed by atoms with E-state index >= 15 is 0 Å². The van der Waals surface area contributed by atoms with E-state index in [-0.39, 0.29) is 12.3 Å². The summed E-state index contributed by atoms with van der Waals surface area (Å²) < 4.78 is 37.2. The van der Waals surface area contributed by atoms with Gasteiger partial charge in [-0.05, 0) is 23.6 Å². The van der Waals surface area contributed by atoms with E-state index in [9.17, 15) is 22.8 Å². The van der Waals surface area contributed by atoms with Gasteiger partial charge in [0.15, 0.2) is 0 Å². The summed E-state index contributed by atoms with van der Waals surface area (Å²) in [4.78, 5) is 21.7. The second-order valence-electron chi connectivity index (χ2n) is 4.40. The van der Waals surface area contributed by atoms with Crippen molar-refractivity contribution in [3.8, 4) is 0 Å². The summed E-state index contributed by atoms with van der Waals surface area (Å²) in [6.07, 6.45) is -4.38. The zero-order valence-electron chi connectivity index (χ0n) is 10.7. The molecule has 0 heterocycles. The fourth-order valence-corrected chi connectivity index (χ4v) is 1.64. The number of carboxylic acids is 1. The van der Waals surface area contributed by atoms with E-state index in [1.807, 2.05) is 0 Å². The second-order valence-corrected chi connectivity index (χ2v) is 4.40. The molecule has 1 atom stereocenters. The normalized spacial score (nSPS) is 12.8. The first kappa shape index (κ1) is 16.0. The highest BCUT2D eigenvalue weighted by Crippen LogP contribution is 2.30. The lowest BCUT2D eigenvalue weighted by Crippen LogP contribution is -2.29. The molecule has 0 aromatic heterocycles. The van der Waals surface area contributed by atoms with Crippen molar-refractivity contribution in [2.75, 3.05) is 6.54 Å². The Morgan fingerprint density at radius 2 is 1.80 bits per heavy atom. The van der Waals surface area contributed by atoms with Gasteiger partial charge in [0.25, 0.3) is 0 Å². The zero-order chi connectivity index (χ0) is 15.3. The molecule has 1 aromatic rings. The number of aliphatic carboxylic acids is 1. The van der Waals surface area contributed by atoms with Gasteiger partial charge in [0.2, 0.25) is 5.91 Å². The van der Waals surface area contributed by atoms with Crippen molar-refractivity contribution in [3.05, 3.63) is 35.4 Å². The molecular formula is C13H14F3NO3. The van der Waals surface area contributed by atoms with Crippen LogP contribution in [0.25, 0.3) is 0 Å². The Hall–Kier alpha value is -2.05. The monoisotopic (exact) mass is 289 g/mol. The summed E-state index contributed by atoms with van der Waals surface area (Å²) in [6, 6.07) is 4.55. The van der Waals surface area contributed by atoms with Crippen molar-refractivity contribution in [1.29, 1.82) is 0 Å². The van der Waals surface area contributed by atoms with Crippen LogP contribution in [-0.4, -0.2) is 23.5 Å². The quantitative estimate of drug-likeness (QED) is 0.874. The van der Waals surface area contributed by atoms with Crippen LogP contribution in [0.3, 0.4) is 0 Å². The maximum atomic E-state index is 12.4. The topological polar surface area (TPSA) is 66.4 Å². The van der Waals surface area contributed by atoms with Crippen molar-refractivity contribution >= 4 is 11.9 Å². The first-order chi connectivity index (χ1) is 9.20. The number of carbonyl (C=O) groups excluding carboxylic acids is 1. The number of amides is 1. The van der Waals surface area contributed by atoms with Crippen molar-refractivity contribution in [3.63, 3.8) is 0 Å². The highest BCUT2D eigenvalue weighted by atomic mass is 19.4. The summed E-state index contributed by atoms with van der Waals surface area (Å²) in [6.45, 7) is 1.21. The smallest absolute Gasteiger partial charge is 0.416 e. The van der Waals surface area contributed by atoms with Gasteiger partial charge in [-0.15, -0.1) is 0 Å². The molecule has 1 unspecified atom stereocenters. The predicted octanol–water partition coefficient (Wildman–Crippen LogP) is 2.40. The number of benzene rings is 1. The predicted molar refractivity (Wildman–Crippen MR) is 65.1 cm³/mol. The highest BCUT2D eigenvalue weighted by molar-refractivity contribution is 5.81. The lowest BCUT2D eigenvalue weighted by atomic mass is 9.96. The molecular weight excluding hydrogens is 275 g/mol. The molecule has 0 aliphatic rings. The summed E-state index contributed by atoms with van der Waals surface area (Å²) >= 11 is 0. The second kappa shape index (κ2) is 6.40. The van der Waals surface area contributed by atoms with Gasteiger partial charge >= 0.3 is 12.1 Å². The largest absolute Gasteiger partial charge is 0.480 e. The molecule has 0 fully saturated rings. The van der Waals surface area contributed by atoms with E-state index in [4.69, 9.17) is 5.11 Å².